The third kappa shape index (κ3) is 3.78. The van der Waals surface area contributed by atoms with E-state index in [0.717, 1.165) is 24.8 Å². The van der Waals surface area contributed by atoms with Crippen LogP contribution in [0.4, 0.5) is 0 Å². The molecule has 0 saturated carbocycles. The summed E-state index contributed by atoms with van der Waals surface area (Å²) < 4.78 is 34.7. The van der Waals surface area contributed by atoms with Crippen molar-refractivity contribution in [3.05, 3.63) is 29.8 Å². The van der Waals surface area contributed by atoms with Gasteiger partial charge in [0.25, 0.3) is 10.1 Å². The van der Waals surface area contributed by atoms with Crippen molar-refractivity contribution < 1.29 is 17.3 Å². The normalized spacial score (nSPS) is 23.7. The summed E-state index contributed by atoms with van der Waals surface area (Å²) in [6.45, 7) is 4.08. The lowest BCUT2D eigenvalue weighted by Crippen LogP contribution is -2.19. The van der Waals surface area contributed by atoms with Crippen LogP contribution in [-0.2, 0) is 19.0 Å². The molecule has 0 bridgehead atoms. The van der Waals surface area contributed by atoms with E-state index < -0.39 is 10.1 Å². The van der Waals surface area contributed by atoms with Crippen LogP contribution in [0.3, 0.4) is 0 Å². The van der Waals surface area contributed by atoms with E-state index in [1.54, 1.807) is 24.3 Å². The Bertz CT molecular complexity index is 507. The van der Waals surface area contributed by atoms with Crippen molar-refractivity contribution in [2.75, 3.05) is 6.61 Å². The summed E-state index contributed by atoms with van der Waals surface area (Å²) >= 11 is 0. The van der Waals surface area contributed by atoms with E-state index in [9.17, 15) is 8.42 Å². The van der Waals surface area contributed by atoms with Gasteiger partial charge in [0.15, 0.2) is 0 Å². The molecule has 0 spiro atoms. The molecule has 1 saturated heterocycles. The van der Waals surface area contributed by atoms with Gasteiger partial charge in [-0.2, -0.15) is 8.42 Å². The van der Waals surface area contributed by atoms with Gasteiger partial charge in [-0.15, -0.1) is 0 Å². The molecule has 1 heterocycles. The molecule has 4 nitrogen and oxygen atoms in total. The van der Waals surface area contributed by atoms with Crippen molar-refractivity contribution in [2.45, 2.75) is 50.2 Å². The first-order chi connectivity index (χ1) is 9.01. The van der Waals surface area contributed by atoms with Crippen molar-refractivity contribution in [1.82, 2.24) is 0 Å². The Morgan fingerprint density at radius 2 is 1.84 bits per heavy atom. The van der Waals surface area contributed by atoms with E-state index >= 15 is 0 Å². The van der Waals surface area contributed by atoms with Gasteiger partial charge in [0.1, 0.15) is 0 Å². The Kier molecular flexibility index (Phi) is 4.60. The fraction of sp³-hybridized carbons (Fsp3) is 0.571. The molecule has 1 aromatic rings. The highest BCUT2D eigenvalue weighted by atomic mass is 32.2. The van der Waals surface area contributed by atoms with Gasteiger partial charge >= 0.3 is 0 Å². The molecule has 0 N–H and O–H groups in total. The summed E-state index contributed by atoms with van der Waals surface area (Å²) in [4.78, 5) is 0.197. The molecule has 2 atom stereocenters. The highest BCUT2D eigenvalue weighted by molar-refractivity contribution is 7.86. The van der Waals surface area contributed by atoms with Crippen LogP contribution < -0.4 is 0 Å². The molecule has 1 aliphatic rings. The number of rotatable bonds is 5. The molecule has 1 aromatic carbocycles. The van der Waals surface area contributed by atoms with Gasteiger partial charge in [-0.05, 0) is 38.3 Å². The lowest BCUT2D eigenvalue weighted by Gasteiger charge is -2.12. The Morgan fingerprint density at radius 3 is 2.42 bits per heavy atom. The summed E-state index contributed by atoms with van der Waals surface area (Å²) in [5, 5.41) is 0. The van der Waals surface area contributed by atoms with Gasteiger partial charge in [0.2, 0.25) is 0 Å². The number of aryl methyl sites for hydroxylation is 1. The van der Waals surface area contributed by atoms with Crippen LogP contribution in [0.1, 0.15) is 31.7 Å². The van der Waals surface area contributed by atoms with Crippen LogP contribution >= 0.6 is 0 Å². The summed E-state index contributed by atoms with van der Waals surface area (Å²) in [6, 6.07) is 6.65. The second kappa shape index (κ2) is 6.03. The van der Waals surface area contributed by atoms with Crippen molar-refractivity contribution >= 4 is 10.1 Å². The fourth-order valence-corrected chi connectivity index (χ4v) is 3.08. The first-order valence-electron chi connectivity index (χ1n) is 6.63. The number of hydrogen-bond donors (Lipinski definition) is 0. The molecular weight excluding hydrogens is 264 g/mol. The minimum absolute atomic E-state index is 0.104. The molecule has 0 aliphatic carbocycles. The Morgan fingerprint density at radius 1 is 1.21 bits per heavy atom. The predicted octanol–water partition coefficient (Wildman–Crippen LogP) is 2.66. The van der Waals surface area contributed by atoms with Crippen molar-refractivity contribution in [3.63, 3.8) is 0 Å². The Labute approximate surface area is 114 Å². The number of ether oxygens (including phenoxy) is 1. The topological polar surface area (TPSA) is 52.6 Å². The smallest absolute Gasteiger partial charge is 0.297 e. The first-order valence-corrected chi connectivity index (χ1v) is 8.03. The molecule has 1 fully saturated rings. The lowest BCUT2D eigenvalue weighted by atomic mass is 10.2. The standard InChI is InChI=1S/C14H20O4S/c1-3-12-6-7-13(18-12)10-17-19(15,16)14-8-4-11(2)5-9-14/h4-5,8-9,12-13H,3,6-7,10H2,1-2H3. The van der Waals surface area contributed by atoms with E-state index in [4.69, 9.17) is 8.92 Å². The van der Waals surface area contributed by atoms with E-state index in [-0.39, 0.29) is 23.7 Å². The van der Waals surface area contributed by atoms with Crippen LogP contribution in [0, 0.1) is 6.92 Å². The fourth-order valence-electron chi connectivity index (χ4n) is 2.14. The van der Waals surface area contributed by atoms with Gasteiger partial charge in [0, 0.05) is 0 Å². The average Bonchev–Trinajstić information content (AvgIpc) is 2.85. The molecule has 0 amide bonds. The van der Waals surface area contributed by atoms with Crippen LogP contribution in [0.5, 0.6) is 0 Å². The third-order valence-electron chi connectivity index (χ3n) is 3.37. The summed E-state index contributed by atoms with van der Waals surface area (Å²) in [5.74, 6) is 0. The summed E-state index contributed by atoms with van der Waals surface area (Å²) in [6.07, 6.45) is 2.94. The maximum Gasteiger partial charge on any atom is 0.297 e. The van der Waals surface area contributed by atoms with Crippen LogP contribution in [-0.4, -0.2) is 27.2 Å². The second-order valence-corrected chi connectivity index (χ2v) is 6.53. The molecular formula is C14H20O4S. The predicted molar refractivity (Wildman–Crippen MR) is 72.5 cm³/mol. The number of hydrogen-bond acceptors (Lipinski definition) is 4. The molecule has 2 rings (SSSR count). The zero-order chi connectivity index (χ0) is 13.9. The molecule has 106 valence electrons. The van der Waals surface area contributed by atoms with Crippen molar-refractivity contribution in [2.24, 2.45) is 0 Å². The molecule has 0 radical (unpaired) electrons. The molecule has 1 aliphatic heterocycles. The van der Waals surface area contributed by atoms with E-state index in [1.165, 1.54) is 0 Å². The molecule has 0 aromatic heterocycles. The van der Waals surface area contributed by atoms with Gasteiger partial charge in [0.05, 0.1) is 23.7 Å². The first kappa shape index (κ1) is 14.5. The van der Waals surface area contributed by atoms with Crippen LogP contribution in [0.2, 0.25) is 0 Å². The van der Waals surface area contributed by atoms with Gasteiger partial charge in [-0.25, -0.2) is 0 Å². The minimum atomic E-state index is -3.67. The summed E-state index contributed by atoms with van der Waals surface area (Å²) in [7, 11) is -3.67. The largest absolute Gasteiger partial charge is 0.373 e. The number of benzene rings is 1. The van der Waals surface area contributed by atoms with Gasteiger partial charge in [-0.1, -0.05) is 24.6 Å². The third-order valence-corrected chi connectivity index (χ3v) is 4.67. The van der Waals surface area contributed by atoms with Crippen molar-refractivity contribution in [3.8, 4) is 0 Å². The monoisotopic (exact) mass is 284 g/mol. The summed E-state index contributed by atoms with van der Waals surface area (Å²) in [5.41, 5.74) is 1.02. The van der Waals surface area contributed by atoms with E-state index in [2.05, 4.69) is 6.92 Å². The van der Waals surface area contributed by atoms with Gasteiger partial charge < -0.3 is 4.74 Å². The maximum atomic E-state index is 12.0. The highest BCUT2D eigenvalue weighted by Crippen LogP contribution is 2.23. The SMILES string of the molecule is CCC1CCC(COS(=O)(=O)c2ccc(C)cc2)O1. The van der Waals surface area contributed by atoms with Crippen LogP contribution in [0.25, 0.3) is 0 Å². The van der Waals surface area contributed by atoms with Crippen molar-refractivity contribution in [1.29, 1.82) is 0 Å². The molecule has 19 heavy (non-hydrogen) atoms. The Hall–Kier alpha value is -0.910. The van der Waals surface area contributed by atoms with Gasteiger partial charge in [-0.3, -0.25) is 4.18 Å². The molecule has 2 unspecified atom stereocenters. The zero-order valence-electron chi connectivity index (χ0n) is 11.3. The zero-order valence-corrected chi connectivity index (χ0v) is 12.2. The molecule has 5 heteroatoms. The quantitative estimate of drug-likeness (QED) is 0.780. The lowest BCUT2D eigenvalue weighted by molar-refractivity contribution is 0.0180. The highest BCUT2D eigenvalue weighted by Gasteiger charge is 2.26. The second-order valence-electron chi connectivity index (χ2n) is 4.92. The van der Waals surface area contributed by atoms with E-state index in [0.29, 0.717) is 0 Å². The van der Waals surface area contributed by atoms with Crippen LogP contribution in [0.15, 0.2) is 29.2 Å². The Balaban J connectivity index is 1.93. The average molecular weight is 284 g/mol. The van der Waals surface area contributed by atoms with E-state index in [1.807, 2.05) is 6.92 Å². The maximum absolute atomic E-state index is 12.0. The minimum Gasteiger partial charge on any atom is -0.373 e.